The van der Waals surface area contributed by atoms with Crippen LogP contribution in [0.3, 0.4) is 0 Å². The number of benzene rings is 1. The van der Waals surface area contributed by atoms with Crippen molar-refractivity contribution in [2.45, 2.75) is 53.2 Å². The van der Waals surface area contributed by atoms with Gasteiger partial charge in [0.2, 0.25) is 0 Å². The van der Waals surface area contributed by atoms with Crippen molar-refractivity contribution in [3.05, 3.63) is 39.7 Å². The summed E-state index contributed by atoms with van der Waals surface area (Å²) in [5.41, 5.74) is 5.84. The fourth-order valence-electron chi connectivity index (χ4n) is 4.05. The van der Waals surface area contributed by atoms with Crippen LogP contribution in [0.5, 0.6) is 11.5 Å². The van der Waals surface area contributed by atoms with Crippen LogP contribution in [0, 0.1) is 5.92 Å². The minimum atomic E-state index is -0.305. The molecule has 0 aliphatic carbocycles. The number of methoxy groups -OCH3 is 1. The van der Waals surface area contributed by atoms with Gasteiger partial charge in [-0.15, -0.1) is 0 Å². The Morgan fingerprint density at radius 2 is 2.12 bits per heavy atom. The highest BCUT2D eigenvalue weighted by atomic mass is 32.1. The van der Waals surface area contributed by atoms with Crippen molar-refractivity contribution in [2.24, 2.45) is 5.92 Å². The summed E-state index contributed by atoms with van der Waals surface area (Å²) in [6.07, 6.45) is 0.871. The third-order valence-electron chi connectivity index (χ3n) is 5.96. The lowest BCUT2D eigenvalue weighted by atomic mass is 9.90. The quantitative estimate of drug-likeness (QED) is 0.532. The highest BCUT2D eigenvalue weighted by molar-refractivity contribution is 7.08. The van der Waals surface area contributed by atoms with Gasteiger partial charge in [-0.1, -0.05) is 13.8 Å². The first-order valence-electron chi connectivity index (χ1n) is 10.9. The summed E-state index contributed by atoms with van der Waals surface area (Å²) in [6, 6.07) is 4.21. The van der Waals surface area contributed by atoms with Crippen molar-refractivity contribution in [2.75, 3.05) is 14.2 Å². The molecule has 0 bridgehead atoms. The van der Waals surface area contributed by atoms with Crippen LogP contribution in [0.25, 0.3) is 22.4 Å². The SMILES string of the molecule is COc1c(CC(C)C)cc2c(c1-c1ccsc1)OCc1c(C(=O)N(C)C(C)(C)C)n[nH]c1-2. The number of ether oxygens (including phenoxy) is 2. The van der Waals surface area contributed by atoms with E-state index in [1.54, 1.807) is 30.4 Å². The molecule has 0 spiro atoms. The molecule has 170 valence electrons. The van der Waals surface area contributed by atoms with Crippen molar-refractivity contribution in [1.29, 1.82) is 0 Å². The van der Waals surface area contributed by atoms with Crippen molar-refractivity contribution in [1.82, 2.24) is 15.1 Å². The Hall–Kier alpha value is -2.80. The number of hydrogen-bond acceptors (Lipinski definition) is 5. The van der Waals surface area contributed by atoms with E-state index >= 15 is 0 Å². The third kappa shape index (κ3) is 3.79. The molecule has 0 radical (unpaired) electrons. The Morgan fingerprint density at radius 1 is 1.38 bits per heavy atom. The van der Waals surface area contributed by atoms with Crippen LogP contribution in [0.4, 0.5) is 0 Å². The minimum Gasteiger partial charge on any atom is -0.496 e. The zero-order valence-electron chi connectivity index (χ0n) is 19.8. The Kier molecular flexibility index (Phi) is 5.79. The van der Waals surface area contributed by atoms with E-state index in [2.05, 4.69) is 46.9 Å². The number of fused-ring (bicyclic) bond motifs is 3. The Balaban J connectivity index is 1.91. The fraction of sp³-hybridized carbons (Fsp3) is 0.440. The third-order valence-corrected chi connectivity index (χ3v) is 6.65. The van der Waals surface area contributed by atoms with Crippen molar-refractivity contribution in [3.63, 3.8) is 0 Å². The maximum Gasteiger partial charge on any atom is 0.274 e. The first-order chi connectivity index (χ1) is 15.1. The van der Waals surface area contributed by atoms with Gasteiger partial charge in [0.05, 0.1) is 18.4 Å². The van der Waals surface area contributed by atoms with Gasteiger partial charge in [0.15, 0.2) is 5.69 Å². The Morgan fingerprint density at radius 3 is 2.72 bits per heavy atom. The molecule has 3 aromatic rings. The number of aromatic amines is 1. The lowest BCUT2D eigenvalue weighted by Crippen LogP contribution is -2.43. The molecule has 1 aliphatic rings. The number of carbonyl (C=O) groups is 1. The van der Waals surface area contributed by atoms with Crippen LogP contribution >= 0.6 is 11.3 Å². The summed E-state index contributed by atoms with van der Waals surface area (Å²) < 4.78 is 12.2. The molecule has 1 aliphatic heterocycles. The van der Waals surface area contributed by atoms with Gasteiger partial charge in [-0.05, 0) is 67.1 Å². The molecule has 6 nitrogen and oxygen atoms in total. The van der Waals surface area contributed by atoms with Gasteiger partial charge in [0.25, 0.3) is 5.91 Å². The maximum absolute atomic E-state index is 13.2. The smallest absolute Gasteiger partial charge is 0.274 e. The number of nitrogens with zero attached hydrogens (tertiary/aromatic N) is 2. The maximum atomic E-state index is 13.2. The highest BCUT2D eigenvalue weighted by Crippen LogP contribution is 2.50. The molecule has 1 amide bonds. The monoisotopic (exact) mass is 453 g/mol. The zero-order chi connectivity index (χ0) is 23.2. The average Bonchev–Trinajstić information content (AvgIpc) is 3.40. The lowest BCUT2D eigenvalue weighted by Gasteiger charge is -2.32. The molecule has 2 aromatic heterocycles. The normalized spacial score (nSPS) is 12.9. The van der Waals surface area contributed by atoms with Gasteiger partial charge in [-0.3, -0.25) is 9.89 Å². The number of aromatic nitrogens is 2. The molecule has 0 unspecified atom stereocenters. The number of nitrogens with one attached hydrogen (secondary N) is 1. The predicted octanol–water partition coefficient (Wildman–Crippen LogP) is 5.78. The van der Waals surface area contributed by atoms with Crippen molar-refractivity contribution >= 4 is 17.2 Å². The minimum absolute atomic E-state index is 0.115. The van der Waals surface area contributed by atoms with Crippen molar-refractivity contribution in [3.8, 4) is 33.9 Å². The molecule has 0 saturated carbocycles. The van der Waals surface area contributed by atoms with E-state index < -0.39 is 0 Å². The van der Waals surface area contributed by atoms with Crippen LogP contribution in [0.2, 0.25) is 0 Å². The molecule has 1 aromatic carbocycles. The molecule has 32 heavy (non-hydrogen) atoms. The number of thiophene rings is 1. The zero-order valence-corrected chi connectivity index (χ0v) is 20.6. The molecule has 3 heterocycles. The van der Waals surface area contributed by atoms with Gasteiger partial charge in [0, 0.05) is 23.7 Å². The van der Waals surface area contributed by atoms with Gasteiger partial charge < -0.3 is 14.4 Å². The number of hydrogen-bond donors (Lipinski definition) is 1. The Labute approximate surface area is 193 Å². The van der Waals surface area contributed by atoms with Crippen LogP contribution in [0.1, 0.15) is 56.2 Å². The first kappa shape index (κ1) is 22.4. The van der Waals surface area contributed by atoms with Crippen LogP contribution in [-0.2, 0) is 13.0 Å². The second kappa shape index (κ2) is 8.28. The molecule has 0 saturated heterocycles. The number of carbonyl (C=O) groups excluding carboxylic acids is 1. The number of rotatable bonds is 5. The van der Waals surface area contributed by atoms with Gasteiger partial charge >= 0.3 is 0 Å². The van der Waals surface area contributed by atoms with E-state index in [1.807, 2.05) is 20.8 Å². The largest absolute Gasteiger partial charge is 0.496 e. The van der Waals surface area contributed by atoms with E-state index in [4.69, 9.17) is 9.47 Å². The lowest BCUT2D eigenvalue weighted by molar-refractivity contribution is 0.0647. The van der Waals surface area contributed by atoms with Gasteiger partial charge in [0.1, 0.15) is 18.1 Å². The van der Waals surface area contributed by atoms with Crippen LogP contribution in [-0.4, -0.2) is 40.7 Å². The summed E-state index contributed by atoms with van der Waals surface area (Å²) in [4.78, 5) is 14.9. The molecule has 0 atom stereocenters. The second-order valence-corrected chi connectivity index (χ2v) is 10.5. The van der Waals surface area contributed by atoms with E-state index in [-0.39, 0.29) is 18.1 Å². The molecule has 1 N–H and O–H groups in total. The topological polar surface area (TPSA) is 67.5 Å². The summed E-state index contributed by atoms with van der Waals surface area (Å²) in [6.45, 7) is 10.7. The van der Waals surface area contributed by atoms with E-state index in [9.17, 15) is 4.79 Å². The second-order valence-electron chi connectivity index (χ2n) is 9.68. The Bertz CT molecular complexity index is 1140. The fourth-order valence-corrected chi connectivity index (χ4v) is 4.69. The predicted molar refractivity (Wildman–Crippen MR) is 129 cm³/mol. The summed E-state index contributed by atoms with van der Waals surface area (Å²) >= 11 is 1.64. The average molecular weight is 454 g/mol. The summed E-state index contributed by atoms with van der Waals surface area (Å²) in [7, 11) is 3.52. The molecular formula is C25H31N3O3S. The molecular weight excluding hydrogens is 422 g/mol. The van der Waals surface area contributed by atoms with E-state index in [0.717, 1.165) is 51.4 Å². The summed E-state index contributed by atoms with van der Waals surface area (Å²) in [5, 5.41) is 11.7. The van der Waals surface area contributed by atoms with Crippen molar-refractivity contribution < 1.29 is 14.3 Å². The molecule has 7 heteroatoms. The van der Waals surface area contributed by atoms with E-state index in [1.165, 1.54) is 0 Å². The molecule has 0 fully saturated rings. The standard InChI is InChI=1S/C25H31N3O3S/c1-14(2)10-16-11-17-20-18(21(27-26-20)24(29)28(6)25(3,4)5)12-31-23(17)19(22(16)30-7)15-8-9-32-13-15/h8-9,11,13-14H,10,12H2,1-7H3,(H,26,27). The van der Waals surface area contributed by atoms with Gasteiger partial charge in [-0.2, -0.15) is 16.4 Å². The number of H-pyrrole nitrogens is 1. The number of amides is 1. The molecule has 4 rings (SSSR count). The summed E-state index contributed by atoms with van der Waals surface area (Å²) in [5.74, 6) is 1.96. The highest BCUT2D eigenvalue weighted by Gasteiger charge is 2.34. The van der Waals surface area contributed by atoms with Crippen LogP contribution in [0.15, 0.2) is 22.9 Å². The van der Waals surface area contributed by atoms with Gasteiger partial charge in [-0.25, -0.2) is 0 Å². The first-order valence-corrected chi connectivity index (χ1v) is 11.8. The van der Waals surface area contributed by atoms with E-state index in [0.29, 0.717) is 11.6 Å². The van der Waals surface area contributed by atoms with Crippen LogP contribution < -0.4 is 9.47 Å².